The Hall–Kier alpha value is -3.02. The maximum absolute atomic E-state index is 12.7. The number of rotatable bonds is 5. The van der Waals surface area contributed by atoms with E-state index in [2.05, 4.69) is 21.8 Å². The number of hydrogen-bond donors (Lipinski definition) is 1. The lowest BCUT2D eigenvalue weighted by atomic mass is 9.95. The number of fused-ring (bicyclic) bond motifs is 1. The quantitative estimate of drug-likeness (QED) is 0.728. The topological polar surface area (TPSA) is 59.4 Å². The van der Waals surface area contributed by atoms with Crippen LogP contribution < -0.4 is 10.1 Å². The van der Waals surface area contributed by atoms with Gasteiger partial charge in [0.25, 0.3) is 0 Å². The zero-order valence-corrected chi connectivity index (χ0v) is 15.7. The lowest BCUT2D eigenvalue weighted by Gasteiger charge is -2.41. The smallest absolute Gasteiger partial charge is 0.322 e. The van der Waals surface area contributed by atoms with Crippen molar-refractivity contribution in [1.29, 1.82) is 0 Å². The summed E-state index contributed by atoms with van der Waals surface area (Å²) in [4.78, 5) is 19.0. The zero-order valence-electron chi connectivity index (χ0n) is 15.7. The summed E-state index contributed by atoms with van der Waals surface area (Å²) < 4.78 is 7.43. The molecule has 1 unspecified atom stereocenters. The summed E-state index contributed by atoms with van der Waals surface area (Å²) in [5.41, 5.74) is 3.86. The third kappa shape index (κ3) is 3.35. The molecule has 6 nitrogen and oxygen atoms in total. The molecule has 2 aromatic carbocycles. The molecule has 6 heteroatoms. The van der Waals surface area contributed by atoms with Gasteiger partial charge in [0.15, 0.2) is 0 Å². The molecular weight excluding hydrogens is 340 g/mol. The fourth-order valence-electron chi connectivity index (χ4n) is 3.58. The van der Waals surface area contributed by atoms with Crippen LogP contribution in [0.4, 0.5) is 10.5 Å². The maximum Gasteiger partial charge on any atom is 0.322 e. The molecule has 4 rings (SSSR count). The van der Waals surface area contributed by atoms with Crippen LogP contribution in [0.5, 0.6) is 5.75 Å². The van der Waals surface area contributed by atoms with Gasteiger partial charge in [-0.15, -0.1) is 0 Å². The Morgan fingerprint density at radius 1 is 1.30 bits per heavy atom. The van der Waals surface area contributed by atoms with E-state index in [0.717, 1.165) is 54.0 Å². The average molecular weight is 364 g/mol. The first-order chi connectivity index (χ1) is 13.2. The number of nitrogens with one attached hydrogen (secondary N) is 1. The molecule has 1 saturated heterocycles. The molecule has 1 aliphatic rings. The predicted molar refractivity (Wildman–Crippen MR) is 106 cm³/mol. The minimum atomic E-state index is -0.0820. The highest BCUT2D eigenvalue weighted by molar-refractivity contribution is 5.92. The number of urea groups is 1. The Kier molecular flexibility index (Phi) is 4.71. The van der Waals surface area contributed by atoms with Gasteiger partial charge in [0.05, 0.1) is 30.5 Å². The largest absolute Gasteiger partial charge is 0.497 e. The van der Waals surface area contributed by atoms with Gasteiger partial charge in [-0.25, -0.2) is 9.78 Å². The van der Waals surface area contributed by atoms with E-state index in [1.54, 1.807) is 7.11 Å². The van der Waals surface area contributed by atoms with E-state index in [0.29, 0.717) is 0 Å². The van der Waals surface area contributed by atoms with Gasteiger partial charge in [-0.1, -0.05) is 19.1 Å². The number of anilines is 1. The van der Waals surface area contributed by atoms with Crippen molar-refractivity contribution in [2.75, 3.05) is 19.0 Å². The number of hydrogen-bond acceptors (Lipinski definition) is 3. The van der Waals surface area contributed by atoms with Gasteiger partial charge in [0.1, 0.15) is 5.75 Å². The van der Waals surface area contributed by atoms with Crippen LogP contribution in [0.15, 0.2) is 48.8 Å². The van der Waals surface area contributed by atoms with Crippen LogP contribution in [0.3, 0.4) is 0 Å². The number of aromatic nitrogens is 2. The third-order valence-corrected chi connectivity index (χ3v) is 5.10. The fourth-order valence-corrected chi connectivity index (χ4v) is 3.58. The second kappa shape index (κ2) is 7.31. The zero-order chi connectivity index (χ0) is 18.8. The summed E-state index contributed by atoms with van der Waals surface area (Å²) in [7, 11) is 1.66. The van der Waals surface area contributed by atoms with Crippen molar-refractivity contribution in [3.05, 3.63) is 54.4 Å². The summed E-state index contributed by atoms with van der Waals surface area (Å²) >= 11 is 0. The molecule has 0 aliphatic carbocycles. The molecule has 2 amide bonds. The number of benzene rings is 2. The highest BCUT2D eigenvalue weighted by Crippen LogP contribution is 2.35. The van der Waals surface area contributed by atoms with E-state index in [-0.39, 0.29) is 12.1 Å². The van der Waals surface area contributed by atoms with Gasteiger partial charge >= 0.3 is 6.03 Å². The SMILES string of the molecule is CCCn1cnc2cc(NC(=O)N3CCC3c3cccc(OC)c3)ccc21. The molecule has 140 valence electrons. The van der Waals surface area contributed by atoms with E-state index in [1.165, 1.54) is 0 Å². The predicted octanol–water partition coefficient (Wildman–Crippen LogP) is 4.43. The Morgan fingerprint density at radius 3 is 2.93 bits per heavy atom. The number of methoxy groups -OCH3 is 1. The maximum atomic E-state index is 12.7. The highest BCUT2D eigenvalue weighted by Gasteiger charge is 2.33. The molecule has 1 aromatic heterocycles. The Morgan fingerprint density at radius 2 is 2.19 bits per heavy atom. The summed E-state index contributed by atoms with van der Waals surface area (Å²) in [5.74, 6) is 0.813. The second-order valence-corrected chi connectivity index (χ2v) is 6.85. The van der Waals surface area contributed by atoms with Crippen LogP contribution in [0.2, 0.25) is 0 Å². The summed E-state index contributed by atoms with van der Waals surface area (Å²) in [6.07, 6.45) is 3.87. The molecule has 0 saturated carbocycles. The lowest BCUT2D eigenvalue weighted by molar-refractivity contribution is 0.126. The molecule has 1 aliphatic heterocycles. The molecule has 0 bridgehead atoms. The van der Waals surface area contributed by atoms with Crippen molar-refractivity contribution < 1.29 is 9.53 Å². The number of carbonyl (C=O) groups is 1. The number of imidazole rings is 1. The van der Waals surface area contributed by atoms with Crippen molar-refractivity contribution >= 4 is 22.8 Å². The molecule has 0 spiro atoms. The van der Waals surface area contributed by atoms with Gasteiger partial charge in [-0.05, 0) is 48.7 Å². The average Bonchev–Trinajstić information content (AvgIpc) is 3.03. The van der Waals surface area contributed by atoms with E-state index in [4.69, 9.17) is 4.74 Å². The molecule has 1 fully saturated rings. The van der Waals surface area contributed by atoms with E-state index >= 15 is 0 Å². The lowest BCUT2D eigenvalue weighted by Crippen LogP contribution is -2.47. The summed E-state index contributed by atoms with van der Waals surface area (Å²) in [5, 5.41) is 3.01. The normalized spacial score (nSPS) is 16.2. The van der Waals surface area contributed by atoms with Crippen LogP contribution in [0.1, 0.15) is 31.4 Å². The van der Waals surface area contributed by atoms with Crippen LogP contribution in [-0.2, 0) is 6.54 Å². The van der Waals surface area contributed by atoms with Crippen molar-refractivity contribution in [2.45, 2.75) is 32.4 Å². The first kappa shape index (κ1) is 17.4. The minimum absolute atomic E-state index is 0.0820. The Labute approximate surface area is 158 Å². The number of likely N-dealkylation sites (tertiary alicyclic amines) is 1. The van der Waals surface area contributed by atoms with Crippen molar-refractivity contribution in [2.24, 2.45) is 0 Å². The van der Waals surface area contributed by atoms with Crippen LogP contribution in [-0.4, -0.2) is 34.1 Å². The van der Waals surface area contributed by atoms with Gasteiger partial charge in [0, 0.05) is 18.8 Å². The minimum Gasteiger partial charge on any atom is -0.497 e. The molecule has 1 atom stereocenters. The molecule has 3 aromatic rings. The van der Waals surface area contributed by atoms with Crippen molar-refractivity contribution in [3.63, 3.8) is 0 Å². The van der Waals surface area contributed by atoms with Crippen molar-refractivity contribution in [1.82, 2.24) is 14.5 Å². The number of carbonyl (C=O) groups excluding carboxylic acids is 1. The van der Waals surface area contributed by atoms with Gasteiger partial charge in [-0.2, -0.15) is 0 Å². The van der Waals surface area contributed by atoms with Gasteiger partial charge in [0.2, 0.25) is 0 Å². The summed E-state index contributed by atoms with van der Waals surface area (Å²) in [6, 6.07) is 13.8. The van der Waals surface area contributed by atoms with Crippen LogP contribution >= 0.6 is 0 Å². The van der Waals surface area contributed by atoms with Crippen LogP contribution in [0.25, 0.3) is 11.0 Å². The highest BCUT2D eigenvalue weighted by atomic mass is 16.5. The first-order valence-electron chi connectivity index (χ1n) is 9.36. The standard InChI is InChI=1S/C21H24N4O2/c1-3-10-24-14-22-18-13-16(7-8-20(18)24)23-21(26)25-11-9-19(25)15-5-4-6-17(12-15)27-2/h4-8,12-14,19H,3,9-11H2,1-2H3,(H,23,26). The van der Waals surface area contributed by atoms with Crippen LogP contribution in [0, 0.1) is 0 Å². The van der Waals surface area contributed by atoms with Gasteiger partial charge < -0.3 is 19.5 Å². The molecule has 27 heavy (non-hydrogen) atoms. The monoisotopic (exact) mass is 364 g/mol. The number of nitrogens with zero attached hydrogens (tertiary/aromatic N) is 3. The molecule has 0 radical (unpaired) electrons. The van der Waals surface area contributed by atoms with E-state index in [9.17, 15) is 4.79 Å². The fraction of sp³-hybridized carbons (Fsp3) is 0.333. The number of aryl methyl sites for hydroxylation is 1. The van der Waals surface area contributed by atoms with Gasteiger partial charge in [-0.3, -0.25) is 0 Å². The second-order valence-electron chi connectivity index (χ2n) is 6.85. The molecular formula is C21H24N4O2. The third-order valence-electron chi connectivity index (χ3n) is 5.10. The Bertz CT molecular complexity index is 966. The number of amides is 2. The molecule has 1 N–H and O–H groups in total. The Balaban J connectivity index is 1.48. The van der Waals surface area contributed by atoms with Crippen molar-refractivity contribution in [3.8, 4) is 5.75 Å². The van der Waals surface area contributed by atoms with E-state index in [1.807, 2.05) is 53.7 Å². The van der Waals surface area contributed by atoms with E-state index < -0.39 is 0 Å². The number of ether oxygens (including phenoxy) is 1. The first-order valence-corrected chi connectivity index (χ1v) is 9.36. The molecule has 2 heterocycles. The summed E-state index contributed by atoms with van der Waals surface area (Å²) in [6.45, 7) is 3.84.